The first-order chi connectivity index (χ1) is 17.5. The molecule has 6 nitrogen and oxygen atoms in total. The van der Waals surface area contributed by atoms with E-state index in [4.69, 9.17) is 11.6 Å². The molecule has 1 amide bonds. The molecule has 0 radical (unpaired) electrons. The Morgan fingerprint density at radius 1 is 1.31 bits per heavy atom. The molecule has 0 spiro atoms. The Morgan fingerprint density at radius 2 is 2.14 bits per heavy atom. The Labute approximate surface area is 220 Å². The summed E-state index contributed by atoms with van der Waals surface area (Å²) in [7, 11) is 0. The molecule has 1 N–H and O–H groups in total. The van der Waals surface area contributed by atoms with Crippen molar-refractivity contribution in [2.24, 2.45) is 0 Å². The molecule has 1 fully saturated rings. The van der Waals surface area contributed by atoms with Crippen molar-refractivity contribution in [3.63, 3.8) is 0 Å². The summed E-state index contributed by atoms with van der Waals surface area (Å²) in [6.07, 6.45) is 12.6. The normalized spacial score (nSPS) is 16.7. The van der Waals surface area contributed by atoms with Crippen molar-refractivity contribution < 1.29 is 9.18 Å². The number of carbonyl (C=O) groups is 1. The van der Waals surface area contributed by atoms with Gasteiger partial charge in [-0.05, 0) is 49.6 Å². The molecule has 0 atom stereocenters. The van der Waals surface area contributed by atoms with Gasteiger partial charge in [0.1, 0.15) is 22.8 Å². The van der Waals surface area contributed by atoms with Gasteiger partial charge in [-0.3, -0.25) is 9.69 Å². The van der Waals surface area contributed by atoms with Gasteiger partial charge < -0.3 is 10.2 Å². The van der Waals surface area contributed by atoms with Crippen LogP contribution in [-0.2, 0) is 17.8 Å². The number of fused-ring (bicyclic) bond motifs is 3. The van der Waals surface area contributed by atoms with Crippen LogP contribution in [0.5, 0.6) is 0 Å². The van der Waals surface area contributed by atoms with E-state index in [0.717, 1.165) is 34.6 Å². The topological polar surface area (TPSA) is 61.4 Å². The molecule has 190 valence electrons. The molecular formula is C27H31ClFN5OS. The van der Waals surface area contributed by atoms with Crippen molar-refractivity contribution in [2.75, 3.05) is 25.0 Å². The third kappa shape index (κ3) is 5.41. The Morgan fingerprint density at radius 3 is 2.92 bits per heavy atom. The number of likely N-dealkylation sites (N-methyl/N-ethyl adjacent to an activating group) is 1. The summed E-state index contributed by atoms with van der Waals surface area (Å²) in [6, 6.07) is 5.16. The second-order valence-corrected chi connectivity index (χ2v) is 10.9. The van der Waals surface area contributed by atoms with Crippen LogP contribution in [0.2, 0.25) is 5.02 Å². The summed E-state index contributed by atoms with van der Waals surface area (Å²) in [6.45, 7) is 5.27. The number of amides is 1. The monoisotopic (exact) mass is 527 g/mol. The third-order valence-electron chi connectivity index (χ3n) is 7.23. The first-order valence-corrected chi connectivity index (χ1v) is 13.9. The minimum Gasteiger partial charge on any atom is -0.340 e. The van der Waals surface area contributed by atoms with Gasteiger partial charge in [-0.15, -0.1) is 11.3 Å². The molecule has 3 aromatic rings. The Hall–Kier alpha value is -2.55. The molecule has 1 saturated carbocycles. The van der Waals surface area contributed by atoms with Gasteiger partial charge in [0.25, 0.3) is 0 Å². The average molecular weight is 528 g/mol. The maximum atomic E-state index is 13.6. The number of nitrogens with one attached hydrogen (secondary N) is 1. The van der Waals surface area contributed by atoms with E-state index >= 15 is 0 Å². The molecular weight excluding hydrogens is 497 g/mol. The Kier molecular flexibility index (Phi) is 7.84. The van der Waals surface area contributed by atoms with Crippen LogP contribution in [0.4, 0.5) is 15.9 Å². The molecule has 36 heavy (non-hydrogen) atoms. The number of hydrogen-bond donors (Lipinski definition) is 1. The van der Waals surface area contributed by atoms with Gasteiger partial charge in [0.2, 0.25) is 5.91 Å². The number of aromatic nitrogens is 2. The van der Waals surface area contributed by atoms with Gasteiger partial charge in [0.15, 0.2) is 0 Å². The van der Waals surface area contributed by atoms with Crippen LogP contribution in [-0.4, -0.2) is 51.4 Å². The van der Waals surface area contributed by atoms with E-state index in [1.165, 1.54) is 50.1 Å². The standard InChI is InChI=1S/C27H31ClFN5OS/c1-2-33(19-7-4-3-5-8-19)13-6-9-24(35)34-14-12-20-23(16-34)36-27-25(20)26(30-17-31-27)32-18-10-11-22(29)21(28)15-18/h6,9-11,15,17,19H,2-5,7-8,12-14,16H2,1H3,(H,30,31,32). The zero-order valence-electron chi connectivity index (χ0n) is 20.5. The molecule has 1 aliphatic heterocycles. The molecule has 3 heterocycles. The first kappa shape index (κ1) is 25.1. The Balaban J connectivity index is 1.27. The molecule has 0 saturated heterocycles. The Bertz CT molecular complexity index is 1270. The molecule has 1 aromatic carbocycles. The van der Waals surface area contributed by atoms with E-state index in [2.05, 4.69) is 27.1 Å². The highest BCUT2D eigenvalue weighted by Crippen LogP contribution is 2.38. The number of anilines is 2. The summed E-state index contributed by atoms with van der Waals surface area (Å²) in [4.78, 5) is 28.3. The fourth-order valence-electron chi connectivity index (χ4n) is 5.30. The number of thiophene rings is 1. The van der Waals surface area contributed by atoms with E-state index < -0.39 is 5.82 Å². The van der Waals surface area contributed by atoms with Crippen molar-refractivity contribution in [3.8, 4) is 0 Å². The van der Waals surface area contributed by atoms with Gasteiger partial charge in [-0.25, -0.2) is 14.4 Å². The molecule has 5 rings (SSSR count). The van der Waals surface area contributed by atoms with Gasteiger partial charge in [-0.2, -0.15) is 0 Å². The van der Waals surface area contributed by atoms with Crippen LogP contribution in [0.1, 0.15) is 49.5 Å². The van der Waals surface area contributed by atoms with Gasteiger partial charge >= 0.3 is 0 Å². The van der Waals surface area contributed by atoms with Gasteiger partial charge in [0, 0.05) is 35.8 Å². The molecule has 2 aromatic heterocycles. The van der Waals surface area contributed by atoms with Crippen molar-refractivity contribution in [2.45, 2.75) is 58.0 Å². The lowest BCUT2D eigenvalue weighted by atomic mass is 9.94. The van der Waals surface area contributed by atoms with Crippen LogP contribution in [0.15, 0.2) is 36.7 Å². The van der Waals surface area contributed by atoms with Gasteiger partial charge in [-0.1, -0.05) is 43.9 Å². The van der Waals surface area contributed by atoms with Crippen LogP contribution in [0.3, 0.4) is 0 Å². The molecule has 1 aliphatic carbocycles. The maximum absolute atomic E-state index is 13.6. The SMILES string of the molecule is CCN(CC=CC(=O)N1CCc2c(sc3ncnc(Nc4ccc(F)c(Cl)c4)c23)C1)C1CCCCC1. The number of rotatable bonds is 7. The van der Waals surface area contributed by atoms with Crippen molar-refractivity contribution in [3.05, 3.63) is 58.0 Å². The third-order valence-corrected chi connectivity index (χ3v) is 8.64. The van der Waals surface area contributed by atoms with E-state index in [1.54, 1.807) is 29.5 Å². The quantitative estimate of drug-likeness (QED) is 0.364. The highest BCUT2D eigenvalue weighted by molar-refractivity contribution is 7.19. The minimum absolute atomic E-state index is 0.0562. The summed E-state index contributed by atoms with van der Waals surface area (Å²) < 4.78 is 13.6. The van der Waals surface area contributed by atoms with Gasteiger partial charge in [0.05, 0.1) is 17.0 Å². The van der Waals surface area contributed by atoms with Crippen molar-refractivity contribution >= 4 is 50.6 Å². The van der Waals surface area contributed by atoms with Crippen molar-refractivity contribution in [1.29, 1.82) is 0 Å². The zero-order chi connectivity index (χ0) is 25.1. The summed E-state index contributed by atoms with van der Waals surface area (Å²) in [5.41, 5.74) is 1.84. The molecule has 9 heteroatoms. The highest BCUT2D eigenvalue weighted by Gasteiger charge is 2.26. The summed E-state index contributed by atoms with van der Waals surface area (Å²) >= 11 is 7.55. The lowest BCUT2D eigenvalue weighted by Gasteiger charge is -2.32. The molecule has 0 bridgehead atoms. The number of carbonyl (C=O) groups excluding carboxylic acids is 1. The fraction of sp³-hybridized carbons (Fsp3) is 0.444. The largest absolute Gasteiger partial charge is 0.340 e. The molecule has 2 aliphatic rings. The van der Waals surface area contributed by atoms with E-state index in [-0.39, 0.29) is 10.9 Å². The smallest absolute Gasteiger partial charge is 0.246 e. The predicted molar refractivity (Wildman–Crippen MR) is 144 cm³/mol. The van der Waals surface area contributed by atoms with E-state index in [9.17, 15) is 9.18 Å². The van der Waals surface area contributed by atoms with Crippen LogP contribution < -0.4 is 5.32 Å². The first-order valence-electron chi connectivity index (χ1n) is 12.7. The number of nitrogens with zero attached hydrogens (tertiary/aromatic N) is 4. The average Bonchev–Trinajstić information content (AvgIpc) is 3.28. The number of halogens is 2. The second-order valence-electron chi connectivity index (χ2n) is 9.45. The fourth-order valence-corrected chi connectivity index (χ4v) is 6.68. The number of hydrogen-bond acceptors (Lipinski definition) is 6. The lowest BCUT2D eigenvalue weighted by Crippen LogP contribution is -2.37. The minimum atomic E-state index is -0.460. The van der Waals surface area contributed by atoms with E-state index in [1.807, 2.05) is 11.0 Å². The number of benzene rings is 1. The van der Waals surface area contributed by atoms with Crippen molar-refractivity contribution in [1.82, 2.24) is 19.8 Å². The zero-order valence-corrected chi connectivity index (χ0v) is 22.0. The molecule has 0 unspecified atom stereocenters. The lowest BCUT2D eigenvalue weighted by molar-refractivity contribution is -0.126. The highest BCUT2D eigenvalue weighted by atomic mass is 35.5. The predicted octanol–water partition coefficient (Wildman–Crippen LogP) is 6.32. The van der Waals surface area contributed by atoms with Crippen LogP contribution >= 0.6 is 22.9 Å². The van der Waals surface area contributed by atoms with Crippen LogP contribution in [0, 0.1) is 5.82 Å². The second kappa shape index (κ2) is 11.2. The van der Waals surface area contributed by atoms with E-state index in [0.29, 0.717) is 30.6 Å². The maximum Gasteiger partial charge on any atom is 0.246 e. The van der Waals surface area contributed by atoms with Crippen LogP contribution in [0.25, 0.3) is 10.2 Å². The summed E-state index contributed by atoms with van der Waals surface area (Å²) in [5.74, 6) is 0.267. The summed E-state index contributed by atoms with van der Waals surface area (Å²) in [5, 5.41) is 4.28.